The number of amides is 1. The lowest BCUT2D eigenvalue weighted by atomic mass is 9.87. The van der Waals surface area contributed by atoms with Gasteiger partial charge in [0.15, 0.2) is 0 Å². The van der Waals surface area contributed by atoms with Crippen LogP contribution in [0.5, 0.6) is 0 Å². The highest BCUT2D eigenvalue weighted by Gasteiger charge is 2.33. The van der Waals surface area contributed by atoms with Gasteiger partial charge in [0.1, 0.15) is 5.82 Å². The van der Waals surface area contributed by atoms with Crippen molar-refractivity contribution in [2.24, 2.45) is 0 Å². The topological polar surface area (TPSA) is 58.6 Å². The highest BCUT2D eigenvalue weighted by atomic mass is 32.2. The summed E-state index contributed by atoms with van der Waals surface area (Å²) >= 11 is 1.76. The van der Waals surface area contributed by atoms with E-state index in [2.05, 4.69) is 5.32 Å². The summed E-state index contributed by atoms with van der Waals surface area (Å²) in [6.07, 6.45) is 1.21. The summed E-state index contributed by atoms with van der Waals surface area (Å²) in [4.78, 5) is 11.4. The maximum atomic E-state index is 14.2. The SMILES string of the molecule is CCCOC(=O)Nc1ccc(C2(O)CCSCC2)c(F)c1. The fourth-order valence-corrected chi connectivity index (χ4v) is 3.47. The van der Waals surface area contributed by atoms with Crippen molar-refractivity contribution < 1.29 is 19.0 Å². The van der Waals surface area contributed by atoms with Gasteiger partial charge >= 0.3 is 6.09 Å². The molecule has 1 amide bonds. The van der Waals surface area contributed by atoms with Crippen molar-refractivity contribution in [1.29, 1.82) is 0 Å². The van der Waals surface area contributed by atoms with Crippen LogP contribution in [0.15, 0.2) is 18.2 Å². The first-order valence-corrected chi connectivity index (χ1v) is 8.24. The molecule has 2 rings (SSSR count). The summed E-state index contributed by atoms with van der Waals surface area (Å²) in [5.41, 5.74) is -0.474. The number of benzene rings is 1. The van der Waals surface area contributed by atoms with E-state index < -0.39 is 17.5 Å². The number of aliphatic hydroxyl groups is 1. The average Bonchev–Trinajstić information content (AvgIpc) is 2.45. The van der Waals surface area contributed by atoms with Crippen LogP contribution in [0.3, 0.4) is 0 Å². The lowest BCUT2D eigenvalue weighted by molar-refractivity contribution is 0.0246. The number of rotatable bonds is 4. The smallest absolute Gasteiger partial charge is 0.411 e. The Morgan fingerprint density at radius 2 is 2.19 bits per heavy atom. The van der Waals surface area contributed by atoms with Gasteiger partial charge in [-0.1, -0.05) is 13.0 Å². The third-order valence-corrected chi connectivity index (χ3v) is 4.46. The summed E-state index contributed by atoms with van der Waals surface area (Å²) in [5.74, 6) is 1.14. The second-order valence-electron chi connectivity index (χ2n) is 5.10. The normalized spacial score (nSPS) is 17.3. The molecule has 1 aromatic rings. The van der Waals surface area contributed by atoms with Crippen LogP contribution in [-0.2, 0) is 10.3 Å². The summed E-state index contributed by atoms with van der Waals surface area (Å²) in [6.45, 7) is 2.22. The maximum Gasteiger partial charge on any atom is 0.411 e. The number of thioether (sulfide) groups is 1. The van der Waals surface area contributed by atoms with E-state index in [9.17, 15) is 14.3 Å². The van der Waals surface area contributed by atoms with Gasteiger partial charge in [-0.3, -0.25) is 5.32 Å². The van der Waals surface area contributed by atoms with Crippen molar-refractivity contribution >= 4 is 23.5 Å². The van der Waals surface area contributed by atoms with Gasteiger partial charge in [-0.15, -0.1) is 0 Å². The Morgan fingerprint density at radius 1 is 1.48 bits per heavy atom. The molecule has 1 aromatic carbocycles. The van der Waals surface area contributed by atoms with Crippen molar-refractivity contribution in [3.05, 3.63) is 29.6 Å². The van der Waals surface area contributed by atoms with Gasteiger partial charge in [-0.2, -0.15) is 11.8 Å². The molecule has 1 aliphatic rings. The summed E-state index contributed by atoms with van der Waals surface area (Å²) in [6, 6.07) is 4.36. The standard InChI is InChI=1S/C15H20FNO3S/c1-2-7-20-14(18)17-11-3-4-12(13(16)10-11)15(19)5-8-21-9-6-15/h3-4,10,19H,2,5-9H2,1H3,(H,17,18). The van der Waals surface area contributed by atoms with E-state index in [4.69, 9.17) is 4.74 Å². The number of nitrogens with one attached hydrogen (secondary N) is 1. The second kappa shape index (κ2) is 7.13. The van der Waals surface area contributed by atoms with Gasteiger partial charge in [-0.25, -0.2) is 9.18 Å². The quantitative estimate of drug-likeness (QED) is 0.893. The molecule has 1 fully saturated rings. The minimum Gasteiger partial charge on any atom is -0.449 e. The number of anilines is 1. The van der Waals surface area contributed by atoms with Gasteiger partial charge in [-0.05, 0) is 42.9 Å². The van der Waals surface area contributed by atoms with E-state index in [0.29, 0.717) is 30.7 Å². The van der Waals surface area contributed by atoms with Gasteiger partial charge in [0, 0.05) is 11.3 Å². The average molecular weight is 313 g/mol. The molecule has 4 nitrogen and oxygen atoms in total. The second-order valence-corrected chi connectivity index (χ2v) is 6.32. The van der Waals surface area contributed by atoms with Crippen LogP contribution < -0.4 is 5.32 Å². The molecule has 1 saturated heterocycles. The lowest BCUT2D eigenvalue weighted by Gasteiger charge is -2.32. The molecule has 6 heteroatoms. The fraction of sp³-hybridized carbons (Fsp3) is 0.533. The third kappa shape index (κ3) is 4.11. The highest BCUT2D eigenvalue weighted by Crippen LogP contribution is 2.37. The molecule has 0 aromatic heterocycles. The van der Waals surface area contributed by atoms with E-state index >= 15 is 0 Å². The zero-order valence-corrected chi connectivity index (χ0v) is 12.8. The Balaban J connectivity index is 2.08. The Labute approximate surface area is 128 Å². The summed E-state index contributed by atoms with van der Waals surface area (Å²) in [7, 11) is 0. The van der Waals surface area contributed by atoms with Crippen LogP contribution in [0.1, 0.15) is 31.7 Å². The van der Waals surface area contributed by atoms with Crippen LogP contribution >= 0.6 is 11.8 Å². The fourth-order valence-electron chi connectivity index (χ4n) is 2.30. The highest BCUT2D eigenvalue weighted by molar-refractivity contribution is 7.99. The Morgan fingerprint density at radius 3 is 2.81 bits per heavy atom. The molecule has 0 bridgehead atoms. The third-order valence-electron chi connectivity index (χ3n) is 3.47. The van der Waals surface area contributed by atoms with Crippen LogP contribution in [0, 0.1) is 5.82 Å². The molecule has 1 aliphatic heterocycles. The molecule has 0 aliphatic carbocycles. The first kappa shape index (κ1) is 16.1. The molecular weight excluding hydrogens is 293 g/mol. The van der Waals surface area contributed by atoms with Crippen LogP contribution in [-0.4, -0.2) is 29.3 Å². The monoisotopic (exact) mass is 313 g/mol. The minimum absolute atomic E-state index is 0.301. The summed E-state index contributed by atoms with van der Waals surface area (Å²) < 4.78 is 19.1. The van der Waals surface area contributed by atoms with E-state index in [1.165, 1.54) is 6.07 Å². The Kier molecular flexibility index (Phi) is 5.47. The first-order chi connectivity index (χ1) is 10.0. The van der Waals surface area contributed by atoms with Crippen LogP contribution in [0.25, 0.3) is 0 Å². The summed E-state index contributed by atoms with van der Waals surface area (Å²) in [5, 5.41) is 13.0. The van der Waals surface area contributed by atoms with Crippen molar-refractivity contribution in [2.75, 3.05) is 23.4 Å². The Bertz CT molecular complexity index is 504. The van der Waals surface area contributed by atoms with E-state index in [1.807, 2.05) is 6.92 Å². The Hall–Kier alpha value is -1.27. The molecule has 0 atom stereocenters. The number of ether oxygens (including phenoxy) is 1. The predicted molar refractivity (Wildman–Crippen MR) is 82.1 cm³/mol. The molecule has 0 radical (unpaired) electrons. The van der Waals surface area contributed by atoms with E-state index in [-0.39, 0.29) is 0 Å². The van der Waals surface area contributed by atoms with Crippen LogP contribution in [0.4, 0.5) is 14.9 Å². The molecule has 1 heterocycles. The van der Waals surface area contributed by atoms with E-state index in [0.717, 1.165) is 17.9 Å². The lowest BCUT2D eigenvalue weighted by Crippen LogP contribution is -2.31. The van der Waals surface area contributed by atoms with Gasteiger partial charge in [0.2, 0.25) is 0 Å². The van der Waals surface area contributed by atoms with Crippen molar-refractivity contribution in [3.8, 4) is 0 Å². The minimum atomic E-state index is -1.10. The number of carbonyl (C=O) groups is 1. The largest absolute Gasteiger partial charge is 0.449 e. The molecule has 2 N–H and O–H groups in total. The molecule has 116 valence electrons. The molecule has 0 saturated carbocycles. The maximum absolute atomic E-state index is 14.2. The van der Waals surface area contributed by atoms with Crippen molar-refractivity contribution in [1.82, 2.24) is 0 Å². The van der Waals surface area contributed by atoms with Gasteiger partial charge in [0.05, 0.1) is 12.2 Å². The van der Waals surface area contributed by atoms with Gasteiger partial charge < -0.3 is 9.84 Å². The predicted octanol–water partition coefficient (Wildman–Crippen LogP) is 3.50. The first-order valence-electron chi connectivity index (χ1n) is 7.09. The number of carbonyl (C=O) groups excluding carboxylic acids is 1. The van der Waals surface area contributed by atoms with E-state index in [1.54, 1.807) is 23.9 Å². The van der Waals surface area contributed by atoms with Crippen molar-refractivity contribution in [3.63, 3.8) is 0 Å². The zero-order chi connectivity index (χ0) is 15.3. The number of hydrogen-bond acceptors (Lipinski definition) is 4. The number of halogens is 1. The zero-order valence-electron chi connectivity index (χ0n) is 12.0. The molecule has 0 spiro atoms. The molecular formula is C15H20FNO3S. The number of hydrogen-bond donors (Lipinski definition) is 2. The van der Waals surface area contributed by atoms with Gasteiger partial charge in [0.25, 0.3) is 0 Å². The van der Waals surface area contributed by atoms with Crippen molar-refractivity contribution in [2.45, 2.75) is 31.8 Å². The van der Waals surface area contributed by atoms with Crippen LogP contribution in [0.2, 0.25) is 0 Å². The molecule has 0 unspecified atom stereocenters. The molecule has 21 heavy (non-hydrogen) atoms.